The van der Waals surface area contributed by atoms with Gasteiger partial charge in [-0.25, -0.2) is 0 Å². The summed E-state index contributed by atoms with van der Waals surface area (Å²) in [5.74, 6) is -0.779. The molecular weight excluding hydrogens is 215 g/mol. The summed E-state index contributed by atoms with van der Waals surface area (Å²) in [5, 5.41) is 3.15. The fourth-order valence-corrected chi connectivity index (χ4v) is 2.25. The van der Waals surface area contributed by atoms with Gasteiger partial charge in [-0.2, -0.15) is 13.2 Å². The van der Waals surface area contributed by atoms with E-state index in [1.165, 1.54) is 0 Å². The van der Waals surface area contributed by atoms with Crippen molar-refractivity contribution in [3.63, 3.8) is 0 Å². The summed E-state index contributed by atoms with van der Waals surface area (Å²) in [6, 6.07) is -0.237. The molecule has 0 saturated heterocycles. The molecular formula is C12H22F3N. The Morgan fingerprint density at radius 1 is 1.06 bits per heavy atom. The van der Waals surface area contributed by atoms with Crippen molar-refractivity contribution in [2.45, 2.75) is 64.7 Å². The number of halogens is 3. The van der Waals surface area contributed by atoms with Gasteiger partial charge in [0.1, 0.15) is 0 Å². The van der Waals surface area contributed by atoms with E-state index in [1.54, 1.807) is 0 Å². The Bertz CT molecular complexity index is 213. The predicted molar refractivity (Wildman–Crippen MR) is 59.2 cm³/mol. The molecule has 16 heavy (non-hydrogen) atoms. The molecule has 3 atom stereocenters. The van der Waals surface area contributed by atoms with Crippen LogP contribution in [-0.4, -0.2) is 18.3 Å². The maximum atomic E-state index is 12.8. The fourth-order valence-electron chi connectivity index (χ4n) is 2.25. The first kappa shape index (κ1) is 13.8. The van der Waals surface area contributed by atoms with Crippen LogP contribution in [0.2, 0.25) is 0 Å². The normalized spacial score (nSPS) is 29.4. The average molecular weight is 237 g/mol. The zero-order chi connectivity index (χ0) is 12.3. The van der Waals surface area contributed by atoms with Gasteiger partial charge in [0.05, 0.1) is 5.92 Å². The van der Waals surface area contributed by atoms with Crippen LogP contribution in [-0.2, 0) is 0 Å². The first-order valence-electron chi connectivity index (χ1n) is 6.15. The number of rotatable bonds is 3. The molecule has 0 aromatic carbocycles. The van der Waals surface area contributed by atoms with Gasteiger partial charge in [-0.05, 0) is 25.7 Å². The van der Waals surface area contributed by atoms with Gasteiger partial charge in [-0.3, -0.25) is 0 Å². The van der Waals surface area contributed by atoms with Gasteiger partial charge in [0.25, 0.3) is 0 Å². The highest BCUT2D eigenvalue weighted by Gasteiger charge is 2.45. The highest BCUT2D eigenvalue weighted by Crippen LogP contribution is 2.38. The maximum absolute atomic E-state index is 12.8. The van der Waals surface area contributed by atoms with Crippen molar-refractivity contribution in [1.29, 1.82) is 0 Å². The minimum Gasteiger partial charge on any atom is -0.311 e. The summed E-state index contributed by atoms with van der Waals surface area (Å²) in [6.45, 7) is 6.03. The molecule has 4 heteroatoms. The van der Waals surface area contributed by atoms with Crippen molar-refractivity contribution in [3.8, 4) is 0 Å². The molecule has 1 saturated carbocycles. The van der Waals surface area contributed by atoms with Crippen LogP contribution in [0.4, 0.5) is 13.2 Å². The van der Waals surface area contributed by atoms with Crippen molar-refractivity contribution in [3.05, 3.63) is 0 Å². The quantitative estimate of drug-likeness (QED) is 0.788. The number of nitrogens with one attached hydrogen (secondary N) is 1. The third-order valence-electron chi connectivity index (χ3n) is 3.66. The van der Waals surface area contributed by atoms with E-state index in [0.717, 1.165) is 6.42 Å². The fraction of sp³-hybridized carbons (Fsp3) is 1.00. The summed E-state index contributed by atoms with van der Waals surface area (Å²) in [5.41, 5.74) is 0. The van der Waals surface area contributed by atoms with Crippen molar-refractivity contribution in [1.82, 2.24) is 5.32 Å². The van der Waals surface area contributed by atoms with E-state index in [0.29, 0.717) is 18.8 Å². The van der Waals surface area contributed by atoms with E-state index in [-0.39, 0.29) is 18.5 Å². The van der Waals surface area contributed by atoms with Gasteiger partial charge in [0.15, 0.2) is 0 Å². The van der Waals surface area contributed by atoms with E-state index in [2.05, 4.69) is 5.32 Å². The summed E-state index contributed by atoms with van der Waals surface area (Å²) < 4.78 is 38.4. The average Bonchev–Trinajstić information content (AvgIpc) is 2.16. The first-order valence-corrected chi connectivity index (χ1v) is 6.15. The Balaban J connectivity index is 2.60. The van der Waals surface area contributed by atoms with Gasteiger partial charge in [-0.15, -0.1) is 0 Å². The van der Waals surface area contributed by atoms with Crippen LogP contribution in [0.25, 0.3) is 0 Å². The van der Waals surface area contributed by atoms with Crippen molar-refractivity contribution in [2.24, 2.45) is 11.8 Å². The number of hydrogen-bond acceptors (Lipinski definition) is 1. The van der Waals surface area contributed by atoms with Crippen LogP contribution in [0.5, 0.6) is 0 Å². The predicted octanol–water partition coefficient (Wildman–Crippen LogP) is 3.74. The molecule has 3 unspecified atom stereocenters. The lowest BCUT2D eigenvalue weighted by molar-refractivity contribution is -0.189. The molecule has 0 amide bonds. The number of alkyl halides is 3. The minimum absolute atomic E-state index is 0.146. The van der Waals surface area contributed by atoms with Crippen LogP contribution >= 0.6 is 0 Å². The summed E-state index contributed by atoms with van der Waals surface area (Å²) >= 11 is 0. The van der Waals surface area contributed by atoms with Crippen molar-refractivity contribution >= 4 is 0 Å². The highest BCUT2D eigenvalue weighted by atomic mass is 19.4. The third-order valence-corrected chi connectivity index (χ3v) is 3.66. The van der Waals surface area contributed by atoms with E-state index in [4.69, 9.17) is 0 Å². The van der Waals surface area contributed by atoms with Crippen LogP contribution in [0.15, 0.2) is 0 Å². The lowest BCUT2D eigenvalue weighted by atomic mass is 9.83. The first-order chi connectivity index (χ1) is 7.32. The molecule has 1 nitrogen and oxygen atoms in total. The van der Waals surface area contributed by atoms with Crippen LogP contribution in [0.3, 0.4) is 0 Å². The topological polar surface area (TPSA) is 12.0 Å². The molecule has 0 aliphatic heterocycles. The standard InChI is InChI=1S/C12H22F3N/c1-8(2)9(3)16-11-7-5-4-6-10(11)12(13,14)15/h8-11,16H,4-7H2,1-3H3. The molecule has 0 aromatic rings. The van der Waals surface area contributed by atoms with Gasteiger partial charge in [0, 0.05) is 12.1 Å². The maximum Gasteiger partial charge on any atom is 0.393 e. The molecule has 0 radical (unpaired) electrons. The van der Waals surface area contributed by atoms with Gasteiger partial charge >= 0.3 is 6.18 Å². The smallest absolute Gasteiger partial charge is 0.311 e. The lowest BCUT2D eigenvalue weighted by Crippen LogP contribution is -2.49. The largest absolute Gasteiger partial charge is 0.393 e. The second-order valence-electron chi connectivity index (χ2n) is 5.24. The molecule has 0 spiro atoms. The monoisotopic (exact) mass is 237 g/mol. The molecule has 1 rings (SSSR count). The van der Waals surface area contributed by atoms with Crippen LogP contribution in [0.1, 0.15) is 46.5 Å². The van der Waals surface area contributed by atoms with E-state index >= 15 is 0 Å². The second-order valence-corrected chi connectivity index (χ2v) is 5.24. The SMILES string of the molecule is CC(C)C(C)NC1CCCCC1C(F)(F)F. The summed E-state index contributed by atoms with van der Waals surface area (Å²) in [6.07, 6.45) is -1.49. The molecule has 1 N–H and O–H groups in total. The molecule has 96 valence electrons. The Morgan fingerprint density at radius 3 is 2.12 bits per heavy atom. The van der Waals surface area contributed by atoms with Crippen LogP contribution in [0, 0.1) is 11.8 Å². The lowest BCUT2D eigenvalue weighted by Gasteiger charge is -2.36. The number of hydrogen-bond donors (Lipinski definition) is 1. The van der Waals surface area contributed by atoms with E-state index in [1.807, 2.05) is 20.8 Å². The second kappa shape index (κ2) is 5.39. The third kappa shape index (κ3) is 3.65. The molecule has 0 aromatic heterocycles. The Labute approximate surface area is 95.8 Å². The summed E-state index contributed by atoms with van der Waals surface area (Å²) in [4.78, 5) is 0. The zero-order valence-corrected chi connectivity index (χ0v) is 10.3. The van der Waals surface area contributed by atoms with Crippen molar-refractivity contribution < 1.29 is 13.2 Å². The van der Waals surface area contributed by atoms with E-state index < -0.39 is 12.1 Å². The highest BCUT2D eigenvalue weighted by molar-refractivity contribution is 4.87. The van der Waals surface area contributed by atoms with Gasteiger partial charge in [-0.1, -0.05) is 26.7 Å². The molecule has 1 aliphatic carbocycles. The Hall–Kier alpha value is -0.250. The van der Waals surface area contributed by atoms with Crippen molar-refractivity contribution in [2.75, 3.05) is 0 Å². The molecule has 0 heterocycles. The Morgan fingerprint density at radius 2 is 1.62 bits per heavy atom. The van der Waals surface area contributed by atoms with Gasteiger partial charge < -0.3 is 5.32 Å². The Kier molecular flexibility index (Phi) is 4.65. The minimum atomic E-state index is -4.05. The summed E-state index contributed by atoms with van der Waals surface area (Å²) in [7, 11) is 0. The molecule has 0 bridgehead atoms. The van der Waals surface area contributed by atoms with Crippen LogP contribution < -0.4 is 5.32 Å². The van der Waals surface area contributed by atoms with Gasteiger partial charge in [0.2, 0.25) is 0 Å². The zero-order valence-electron chi connectivity index (χ0n) is 10.3. The van der Waals surface area contributed by atoms with E-state index in [9.17, 15) is 13.2 Å². The molecule has 1 aliphatic rings. The molecule has 1 fully saturated rings.